The van der Waals surface area contributed by atoms with Gasteiger partial charge in [-0.05, 0) is 31.9 Å². The minimum Gasteiger partial charge on any atom is -0.392 e. The Morgan fingerprint density at radius 3 is 1.96 bits per heavy atom. The summed E-state index contributed by atoms with van der Waals surface area (Å²) in [4.78, 5) is 2.28. The molecule has 152 valence electrons. The molecule has 0 aromatic heterocycles. The molecule has 1 heterocycles. The zero-order chi connectivity index (χ0) is 18.9. The van der Waals surface area contributed by atoms with Gasteiger partial charge < -0.3 is 20.4 Å². The largest absolute Gasteiger partial charge is 0.392 e. The molecule has 1 aliphatic carbocycles. The number of aliphatic hydroxyl groups excluding tert-OH is 4. The number of hydrogen-bond acceptors (Lipinski definition) is 5. The van der Waals surface area contributed by atoms with Gasteiger partial charge in [0.05, 0.1) is 12.6 Å². The van der Waals surface area contributed by atoms with Gasteiger partial charge in [-0.25, -0.2) is 0 Å². The summed E-state index contributed by atoms with van der Waals surface area (Å²) in [5, 5.41) is 40.4. The topological polar surface area (TPSA) is 84.2 Å². The van der Waals surface area contributed by atoms with Crippen LogP contribution in [0.4, 0.5) is 0 Å². The van der Waals surface area contributed by atoms with Gasteiger partial charge in [-0.15, -0.1) is 0 Å². The molecule has 0 radical (unpaired) electrons. The maximum Gasteiger partial charge on any atom is 0.111 e. The van der Waals surface area contributed by atoms with Crippen molar-refractivity contribution < 1.29 is 20.4 Å². The van der Waals surface area contributed by atoms with Crippen LogP contribution < -0.4 is 0 Å². The first-order valence-corrected chi connectivity index (χ1v) is 10.7. The summed E-state index contributed by atoms with van der Waals surface area (Å²) in [6.45, 7) is 2.78. The van der Waals surface area contributed by atoms with E-state index in [1.165, 1.54) is 57.8 Å². The van der Waals surface area contributed by atoms with Crippen molar-refractivity contribution in [2.75, 3.05) is 13.2 Å². The summed E-state index contributed by atoms with van der Waals surface area (Å²) in [5.41, 5.74) is 0.416. The molecule has 5 atom stereocenters. The maximum absolute atomic E-state index is 10.6. The van der Waals surface area contributed by atoms with E-state index >= 15 is 0 Å². The Balaban J connectivity index is 2.10. The van der Waals surface area contributed by atoms with Crippen molar-refractivity contribution in [3.05, 3.63) is 11.6 Å². The second-order valence-corrected chi connectivity index (χ2v) is 8.23. The predicted octanol–water partition coefficient (Wildman–Crippen LogP) is 2.37. The zero-order valence-electron chi connectivity index (χ0n) is 16.4. The van der Waals surface area contributed by atoms with Gasteiger partial charge in [-0.1, -0.05) is 63.9 Å². The summed E-state index contributed by atoms with van der Waals surface area (Å²) in [7, 11) is 0. The van der Waals surface area contributed by atoms with Crippen molar-refractivity contribution in [2.24, 2.45) is 0 Å². The van der Waals surface area contributed by atoms with E-state index in [4.69, 9.17) is 0 Å². The number of aliphatic hydroxyl groups is 4. The summed E-state index contributed by atoms with van der Waals surface area (Å²) in [6, 6.07) is -0.0466. The Bertz CT molecular complexity index is 428. The lowest BCUT2D eigenvalue weighted by molar-refractivity contribution is -0.0882. The molecule has 26 heavy (non-hydrogen) atoms. The Kier molecular flexibility index (Phi) is 9.57. The smallest absolute Gasteiger partial charge is 0.111 e. The molecule has 2 rings (SSSR count). The number of nitrogens with zero attached hydrogens (tertiary/aromatic N) is 1. The second kappa shape index (κ2) is 11.4. The van der Waals surface area contributed by atoms with Crippen LogP contribution in [0.1, 0.15) is 77.6 Å². The van der Waals surface area contributed by atoms with Crippen molar-refractivity contribution in [1.82, 2.24) is 4.90 Å². The molecule has 3 unspecified atom stereocenters. The van der Waals surface area contributed by atoms with Crippen molar-refractivity contribution >= 4 is 0 Å². The van der Waals surface area contributed by atoms with Crippen LogP contribution in [0.15, 0.2) is 11.6 Å². The highest BCUT2D eigenvalue weighted by molar-refractivity contribution is 5.22. The molecule has 1 fully saturated rings. The molecule has 0 amide bonds. The lowest BCUT2D eigenvalue weighted by Gasteiger charge is -2.43. The standard InChI is InChI=1S/C21H39NO4/c1-16-12-10-8-6-4-2-3-5-7-9-11-13-22(16)18-14-17(15-23)19(24)21(26)20(18)25/h14,16,18-21,23-26H,2-13,15H2,1H3/t16?,18-,19?,20?,21+/m1/s1. The Hall–Kier alpha value is -0.460. The normalized spacial score (nSPS) is 37.0. The number of hydrogen-bond donors (Lipinski definition) is 4. The lowest BCUT2D eigenvalue weighted by atomic mass is 9.86. The van der Waals surface area contributed by atoms with Gasteiger partial charge in [0.25, 0.3) is 0 Å². The molecule has 5 heteroatoms. The van der Waals surface area contributed by atoms with E-state index in [-0.39, 0.29) is 12.6 Å². The molecule has 1 saturated heterocycles. The fourth-order valence-corrected chi connectivity index (χ4v) is 4.44. The average molecular weight is 370 g/mol. The van der Waals surface area contributed by atoms with Crippen LogP contribution in [0.5, 0.6) is 0 Å². The van der Waals surface area contributed by atoms with E-state index in [2.05, 4.69) is 11.8 Å². The second-order valence-electron chi connectivity index (χ2n) is 8.23. The van der Waals surface area contributed by atoms with Crippen LogP contribution in [0.2, 0.25) is 0 Å². The molecular formula is C21H39NO4. The van der Waals surface area contributed by atoms with Crippen molar-refractivity contribution in [1.29, 1.82) is 0 Å². The van der Waals surface area contributed by atoms with Crippen LogP contribution in [-0.2, 0) is 0 Å². The monoisotopic (exact) mass is 369 g/mol. The molecular weight excluding hydrogens is 330 g/mol. The zero-order valence-corrected chi connectivity index (χ0v) is 16.4. The SMILES string of the molecule is CC1CCCCCCCCCCCCN1[C@@H]1C=C(CO)C(O)[C@H](O)C1O. The van der Waals surface area contributed by atoms with Crippen LogP contribution >= 0.6 is 0 Å². The Labute approximate surface area is 158 Å². The summed E-state index contributed by atoms with van der Waals surface area (Å²) in [6.07, 6.45) is 12.0. The summed E-state index contributed by atoms with van der Waals surface area (Å²) in [5.74, 6) is 0. The van der Waals surface area contributed by atoms with E-state index in [0.29, 0.717) is 11.6 Å². The third-order valence-electron chi connectivity index (χ3n) is 6.21. The first-order chi connectivity index (χ1) is 12.6. The van der Waals surface area contributed by atoms with Gasteiger partial charge in [0.2, 0.25) is 0 Å². The van der Waals surface area contributed by atoms with Gasteiger partial charge in [0.1, 0.15) is 18.3 Å². The molecule has 4 N–H and O–H groups in total. The highest BCUT2D eigenvalue weighted by Gasteiger charge is 2.40. The first-order valence-electron chi connectivity index (χ1n) is 10.7. The highest BCUT2D eigenvalue weighted by atomic mass is 16.4. The predicted molar refractivity (Wildman–Crippen MR) is 104 cm³/mol. The first kappa shape index (κ1) is 21.8. The Morgan fingerprint density at radius 1 is 0.846 bits per heavy atom. The van der Waals surface area contributed by atoms with E-state index in [0.717, 1.165) is 19.4 Å². The third kappa shape index (κ3) is 6.03. The summed E-state index contributed by atoms with van der Waals surface area (Å²) >= 11 is 0. The minimum absolute atomic E-state index is 0.288. The van der Waals surface area contributed by atoms with Crippen LogP contribution in [0, 0.1) is 0 Å². The van der Waals surface area contributed by atoms with Crippen LogP contribution in [0.25, 0.3) is 0 Å². The quantitative estimate of drug-likeness (QED) is 0.562. The Morgan fingerprint density at radius 2 is 1.38 bits per heavy atom. The summed E-state index contributed by atoms with van der Waals surface area (Å²) < 4.78 is 0. The number of rotatable bonds is 2. The molecule has 0 spiro atoms. The van der Waals surface area contributed by atoms with E-state index < -0.39 is 18.3 Å². The van der Waals surface area contributed by atoms with E-state index in [1.807, 2.05) is 0 Å². The van der Waals surface area contributed by atoms with Gasteiger partial charge >= 0.3 is 0 Å². The molecule has 0 bridgehead atoms. The molecule has 1 aliphatic heterocycles. The van der Waals surface area contributed by atoms with E-state index in [1.54, 1.807) is 6.08 Å². The highest BCUT2D eigenvalue weighted by Crippen LogP contribution is 2.27. The van der Waals surface area contributed by atoms with Gasteiger partial charge in [-0.2, -0.15) is 0 Å². The lowest BCUT2D eigenvalue weighted by Crippen LogP contribution is -2.57. The fraction of sp³-hybridized carbons (Fsp3) is 0.905. The van der Waals surface area contributed by atoms with Crippen molar-refractivity contribution in [2.45, 2.75) is 108 Å². The average Bonchev–Trinajstić information content (AvgIpc) is 2.64. The molecule has 0 aromatic rings. The van der Waals surface area contributed by atoms with Gasteiger partial charge in [-0.3, -0.25) is 4.90 Å². The van der Waals surface area contributed by atoms with Crippen molar-refractivity contribution in [3.8, 4) is 0 Å². The molecule has 2 aliphatic rings. The molecule has 5 nitrogen and oxygen atoms in total. The minimum atomic E-state index is -1.24. The fourth-order valence-electron chi connectivity index (χ4n) is 4.44. The molecule has 0 aromatic carbocycles. The van der Waals surface area contributed by atoms with Gasteiger partial charge in [0, 0.05) is 6.04 Å². The van der Waals surface area contributed by atoms with Gasteiger partial charge in [0.15, 0.2) is 0 Å². The third-order valence-corrected chi connectivity index (χ3v) is 6.21. The van der Waals surface area contributed by atoms with Crippen molar-refractivity contribution in [3.63, 3.8) is 0 Å². The molecule has 0 saturated carbocycles. The van der Waals surface area contributed by atoms with E-state index in [9.17, 15) is 20.4 Å². The maximum atomic E-state index is 10.6. The van der Waals surface area contributed by atoms with Crippen LogP contribution in [0.3, 0.4) is 0 Å². The van der Waals surface area contributed by atoms with Crippen LogP contribution in [-0.4, -0.2) is 68.9 Å².